The molecule has 0 atom stereocenters. The van der Waals surface area contributed by atoms with Crippen LogP contribution in [0.2, 0.25) is 0 Å². The van der Waals surface area contributed by atoms with Gasteiger partial charge in [-0.2, -0.15) is 0 Å². The number of hydrogen-bond acceptors (Lipinski definition) is 3. The minimum Gasteiger partial charge on any atom is -0.416 e. The molecule has 30 heavy (non-hydrogen) atoms. The molecule has 154 valence electrons. The van der Waals surface area contributed by atoms with Gasteiger partial charge >= 0.3 is 0 Å². The second kappa shape index (κ2) is 10.0. The lowest BCUT2D eigenvalue weighted by Gasteiger charge is -2.17. The van der Waals surface area contributed by atoms with Gasteiger partial charge in [0.05, 0.1) is 0 Å². The van der Waals surface area contributed by atoms with E-state index in [0.29, 0.717) is 17.2 Å². The molecular weight excluding hydrogens is 368 g/mol. The summed E-state index contributed by atoms with van der Waals surface area (Å²) in [6.07, 6.45) is 2.26. The van der Waals surface area contributed by atoms with E-state index in [1.165, 1.54) is 17.5 Å². The Morgan fingerprint density at radius 3 is 1.53 bits per heavy atom. The molecule has 0 aliphatic carbocycles. The molecule has 0 amide bonds. The topological polar surface area (TPSA) is 38.9 Å². The van der Waals surface area contributed by atoms with Crippen LogP contribution in [-0.4, -0.2) is 10.2 Å². The summed E-state index contributed by atoms with van der Waals surface area (Å²) in [7, 11) is 0. The highest BCUT2D eigenvalue weighted by Gasteiger charge is 2.12. The van der Waals surface area contributed by atoms with Crippen molar-refractivity contribution in [1.29, 1.82) is 0 Å². The fourth-order valence-electron chi connectivity index (χ4n) is 2.87. The van der Waals surface area contributed by atoms with Crippen LogP contribution < -0.4 is 0 Å². The van der Waals surface area contributed by atoms with E-state index < -0.39 is 0 Å². The van der Waals surface area contributed by atoms with Crippen molar-refractivity contribution in [3.05, 3.63) is 96.1 Å². The Labute approximate surface area is 179 Å². The van der Waals surface area contributed by atoms with Crippen LogP contribution >= 0.6 is 0 Å². The van der Waals surface area contributed by atoms with Gasteiger partial charge < -0.3 is 4.42 Å². The summed E-state index contributed by atoms with van der Waals surface area (Å²) in [6, 6.07) is 28.5. The van der Waals surface area contributed by atoms with Crippen LogP contribution in [0.4, 0.5) is 0 Å². The lowest BCUT2D eigenvalue weighted by molar-refractivity contribution is 0.378. The van der Waals surface area contributed by atoms with E-state index in [-0.39, 0.29) is 0 Å². The number of hydrogen-bond donors (Lipinski definition) is 0. The third kappa shape index (κ3) is 6.70. The summed E-state index contributed by atoms with van der Waals surface area (Å²) in [5.41, 5.74) is 4.81. The predicted octanol–water partition coefficient (Wildman–Crippen LogP) is 7.38. The van der Waals surface area contributed by atoms with Crippen molar-refractivity contribution in [3.8, 4) is 22.9 Å². The van der Waals surface area contributed by atoms with Crippen molar-refractivity contribution in [1.82, 2.24) is 10.2 Å². The first kappa shape index (κ1) is 21.5. The molecule has 1 aromatic heterocycles. The van der Waals surface area contributed by atoms with Crippen LogP contribution in [0, 0.1) is 12.3 Å². The summed E-state index contributed by atoms with van der Waals surface area (Å²) < 4.78 is 5.83. The van der Waals surface area contributed by atoms with E-state index in [4.69, 9.17) is 4.42 Å². The van der Waals surface area contributed by atoms with E-state index in [2.05, 4.69) is 62.2 Å². The molecule has 3 nitrogen and oxygen atoms in total. The Kier molecular flexibility index (Phi) is 7.18. The smallest absolute Gasteiger partial charge is 0.248 e. The van der Waals surface area contributed by atoms with Gasteiger partial charge in [-0.1, -0.05) is 87.0 Å². The number of nitrogens with zero attached hydrogens (tertiary/aromatic N) is 2. The van der Waals surface area contributed by atoms with Crippen molar-refractivity contribution in [3.63, 3.8) is 0 Å². The van der Waals surface area contributed by atoms with Crippen LogP contribution in [0.3, 0.4) is 0 Å². The molecule has 0 bridgehead atoms. The summed E-state index contributed by atoms with van der Waals surface area (Å²) in [5, 5.41) is 8.35. The second-order valence-electron chi connectivity index (χ2n) is 8.69. The van der Waals surface area contributed by atoms with E-state index in [9.17, 15) is 0 Å². The van der Waals surface area contributed by atoms with Crippen LogP contribution in [-0.2, 0) is 6.42 Å². The highest BCUT2D eigenvalue weighted by atomic mass is 16.4. The van der Waals surface area contributed by atoms with Crippen molar-refractivity contribution in [2.24, 2.45) is 5.41 Å². The Balaban J connectivity index is 0.000000367. The number of benzene rings is 3. The highest BCUT2D eigenvalue weighted by Crippen LogP contribution is 2.26. The van der Waals surface area contributed by atoms with Gasteiger partial charge in [-0.3, -0.25) is 0 Å². The lowest BCUT2D eigenvalue weighted by atomic mass is 9.88. The van der Waals surface area contributed by atoms with Gasteiger partial charge in [-0.05, 0) is 55.0 Å². The molecule has 4 aromatic rings. The van der Waals surface area contributed by atoms with Gasteiger partial charge in [-0.25, -0.2) is 0 Å². The van der Waals surface area contributed by atoms with Gasteiger partial charge in [-0.15, -0.1) is 10.2 Å². The third-order valence-corrected chi connectivity index (χ3v) is 4.75. The monoisotopic (exact) mass is 398 g/mol. The largest absolute Gasteiger partial charge is 0.416 e. The molecule has 0 saturated heterocycles. The van der Waals surface area contributed by atoms with Crippen LogP contribution in [0.1, 0.15) is 38.3 Å². The van der Waals surface area contributed by atoms with E-state index in [1.807, 2.05) is 60.7 Å². The molecule has 0 spiro atoms. The molecule has 0 unspecified atom stereocenters. The van der Waals surface area contributed by atoms with Crippen molar-refractivity contribution in [2.45, 2.75) is 40.5 Å². The average Bonchev–Trinajstić information content (AvgIpc) is 3.25. The Bertz CT molecular complexity index is 984. The average molecular weight is 399 g/mol. The standard InChI is InChI=1S/C21H24N2O.C6H6/c1-15-5-9-17(10-6-15)19-22-23-20(24-19)18-11-7-16(8-12-18)13-14-21(2,3)4;1-2-4-6-5-3-1/h5-12H,13-14H2,1-4H3;1-6H. The Morgan fingerprint density at radius 1 is 0.667 bits per heavy atom. The molecule has 4 rings (SSSR count). The maximum atomic E-state index is 5.83. The van der Waals surface area contributed by atoms with Crippen LogP contribution in [0.5, 0.6) is 0 Å². The van der Waals surface area contributed by atoms with Crippen LogP contribution in [0.25, 0.3) is 22.9 Å². The molecule has 0 saturated carbocycles. The van der Waals surface area contributed by atoms with Crippen molar-refractivity contribution < 1.29 is 4.42 Å². The quantitative estimate of drug-likeness (QED) is 0.360. The van der Waals surface area contributed by atoms with Crippen molar-refractivity contribution >= 4 is 0 Å². The van der Waals surface area contributed by atoms with Gasteiger partial charge in [0.1, 0.15) is 0 Å². The SMILES string of the molecule is Cc1ccc(-c2nnc(-c3ccc(CCC(C)(C)C)cc3)o2)cc1.c1ccccc1. The third-order valence-electron chi connectivity index (χ3n) is 4.75. The summed E-state index contributed by atoms with van der Waals surface area (Å²) in [6.45, 7) is 8.87. The van der Waals surface area contributed by atoms with Gasteiger partial charge in [0.2, 0.25) is 11.8 Å². The maximum absolute atomic E-state index is 5.83. The zero-order valence-corrected chi connectivity index (χ0v) is 18.3. The summed E-state index contributed by atoms with van der Waals surface area (Å²) in [5.74, 6) is 1.12. The summed E-state index contributed by atoms with van der Waals surface area (Å²) >= 11 is 0. The first-order valence-corrected chi connectivity index (χ1v) is 10.4. The number of aryl methyl sites for hydroxylation is 2. The molecule has 0 radical (unpaired) electrons. The maximum Gasteiger partial charge on any atom is 0.248 e. The first-order chi connectivity index (χ1) is 14.4. The molecule has 1 heterocycles. The fraction of sp³-hybridized carbons (Fsp3) is 0.259. The zero-order chi connectivity index (χ0) is 21.4. The van der Waals surface area contributed by atoms with Gasteiger partial charge in [0.25, 0.3) is 0 Å². The minimum absolute atomic E-state index is 0.355. The van der Waals surface area contributed by atoms with E-state index >= 15 is 0 Å². The Morgan fingerprint density at radius 2 is 1.10 bits per heavy atom. The molecule has 0 aliphatic rings. The number of aromatic nitrogens is 2. The van der Waals surface area contributed by atoms with Gasteiger partial charge in [0, 0.05) is 11.1 Å². The summed E-state index contributed by atoms with van der Waals surface area (Å²) in [4.78, 5) is 0. The van der Waals surface area contributed by atoms with E-state index in [1.54, 1.807) is 0 Å². The zero-order valence-electron chi connectivity index (χ0n) is 18.3. The van der Waals surface area contributed by atoms with Crippen LogP contribution in [0.15, 0.2) is 89.3 Å². The second-order valence-corrected chi connectivity index (χ2v) is 8.69. The normalized spacial score (nSPS) is 10.9. The molecule has 0 N–H and O–H groups in total. The molecule has 3 aromatic carbocycles. The van der Waals surface area contributed by atoms with Crippen molar-refractivity contribution in [2.75, 3.05) is 0 Å². The fourth-order valence-corrected chi connectivity index (χ4v) is 2.87. The molecule has 0 aliphatic heterocycles. The number of rotatable bonds is 4. The van der Waals surface area contributed by atoms with E-state index in [0.717, 1.165) is 17.5 Å². The lowest BCUT2D eigenvalue weighted by Crippen LogP contribution is -2.06. The predicted molar refractivity (Wildman–Crippen MR) is 124 cm³/mol. The van der Waals surface area contributed by atoms with Gasteiger partial charge in [0.15, 0.2) is 0 Å². The minimum atomic E-state index is 0.355. The Hall–Kier alpha value is -3.20. The molecule has 0 fully saturated rings. The highest BCUT2D eigenvalue weighted by molar-refractivity contribution is 5.58. The first-order valence-electron chi connectivity index (χ1n) is 10.4. The molecule has 3 heteroatoms. The molecular formula is C27H30N2O.